The van der Waals surface area contributed by atoms with Crippen LogP contribution in [0.2, 0.25) is 5.15 Å². The Morgan fingerprint density at radius 3 is 2.50 bits per heavy atom. The van der Waals surface area contributed by atoms with Gasteiger partial charge in [0.25, 0.3) is 0 Å². The van der Waals surface area contributed by atoms with Crippen molar-refractivity contribution in [2.75, 3.05) is 37.6 Å². The van der Waals surface area contributed by atoms with E-state index >= 15 is 0 Å². The summed E-state index contributed by atoms with van der Waals surface area (Å²) >= 11 is 6.11. The molecule has 0 aliphatic carbocycles. The van der Waals surface area contributed by atoms with Crippen LogP contribution in [0.25, 0.3) is 0 Å². The van der Waals surface area contributed by atoms with Crippen LogP contribution in [-0.2, 0) is 6.42 Å². The average Bonchev–Trinajstić information content (AvgIpc) is 2.38. The molecule has 2 heterocycles. The van der Waals surface area contributed by atoms with Crippen molar-refractivity contribution < 1.29 is 0 Å². The Bertz CT molecular complexity index is 428. The largest absolute Gasteiger partial charge is 0.354 e. The van der Waals surface area contributed by atoms with Crippen LogP contribution in [0.3, 0.4) is 0 Å². The lowest BCUT2D eigenvalue weighted by molar-refractivity contribution is 0.231. The van der Waals surface area contributed by atoms with Crippen LogP contribution in [-0.4, -0.2) is 47.6 Å². The van der Waals surface area contributed by atoms with Gasteiger partial charge in [0.1, 0.15) is 16.8 Å². The molecule has 1 aromatic heterocycles. The molecule has 1 aliphatic rings. The summed E-state index contributed by atoms with van der Waals surface area (Å²) in [5, 5.41) is 0.558. The van der Waals surface area contributed by atoms with Gasteiger partial charge in [0.2, 0.25) is 0 Å². The molecule has 0 aromatic carbocycles. The number of halogens is 1. The molecule has 0 spiro atoms. The molecule has 2 rings (SSSR count). The van der Waals surface area contributed by atoms with E-state index in [0.717, 1.165) is 56.6 Å². The fraction of sp³-hybridized carbons (Fsp3) is 0.733. The molecule has 0 amide bonds. The van der Waals surface area contributed by atoms with E-state index in [-0.39, 0.29) is 0 Å². The molecule has 1 aromatic rings. The highest BCUT2D eigenvalue weighted by molar-refractivity contribution is 6.29. The molecule has 0 saturated carbocycles. The van der Waals surface area contributed by atoms with Crippen molar-refractivity contribution in [1.29, 1.82) is 0 Å². The number of rotatable bonds is 5. The number of hydrogen-bond acceptors (Lipinski definition) is 4. The summed E-state index contributed by atoms with van der Waals surface area (Å²) in [4.78, 5) is 13.8. The Morgan fingerprint density at radius 2 is 1.90 bits per heavy atom. The van der Waals surface area contributed by atoms with Crippen LogP contribution in [0, 0.1) is 5.92 Å². The maximum atomic E-state index is 6.11. The lowest BCUT2D eigenvalue weighted by Crippen LogP contribution is -2.47. The summed E-state index contributed by atoms with van der Waals surface area (Å²) in [7, 11) is 0. The third kappa shape index (κ3) is 4.32. The van der Waals surface area contributed by atoms with E-state index in [4.69, 9.17) is 11.6 Å². The summed E-state index contributed by atoms with van der Waals surface area (Å²) in [6.07, 6.45) is 1.93. The van der Waals surface area contributed by atoms with E-state index in [1.165, 1.54) is 6.54 Å². The summed E-state index contributed by atoms with van der Waals surface area (Å²) in [6.45, 7) is 12.1. The molecule has 0 atom stereocenters. The SMILES string of the molecule is CCCc1nc(Cl)cc(N2CCN(CC(C)C)CC2)n1. The van der Waals surface area contributed by atoms with Crippen molar-refractivity contribution in [2.24, 2.45) is 5.92 Å². The van der Waals surface area contributed by atoms with E-state index in [0.29, 0.717) is 5.15 Å². The molecule has 0 radical (unpaired) electrons. The first-order chi connectivity index (χ1) is 9.58. The van der Waals surface area contributed by atoms with Crippen LogP contribution in [0.4, 0.5) is 5.82 Å². The molecule has 4 nitrogen and oxygen atoms in total. The number of aryl methyl sites for hydroxylation is 1. The van der Waals surface area contributed by atoms with Crippen LogP contribution in [0.15, 0.2) is 6.07 Å². The molecule has 20 heavy (non-hydrogen) atoms. The fourth-order valence-corrected chi connectivity index (χ4v) is 2.82. The second-order valence-electron chi connectivity index (χ2n) is 5.90. The molecule has 5 heteroatoms. The molecular formula is C15H25ClN4. The topological polar surface area (TPSA) is 32.3 Å². The second kappa shape index (κ2) is 7.23. The van der Waals surface area contributed by atoms with Gasteiger partial charge in [-0.25, -0.2) is 9.97 Å². The molecule has 112 valence electrons. The first-order valence-corrected chi connectivity index (χ1v) is 7.97. The van der Waals surface area contributed by atoms with Crippen molar-refractivity contribution in [3.63, 3.8) is 0 Å². The summed E-state index contributed by atoms with van der Waals surface area (Å²) < 4.78 is 0. The van der Waals surface area contributed by atoms with Gasteiger partial charge in [0.15, 0.2) is 0 Å². The van der Waals surface area contributed by atoms with Crippen molar-refractivity contribution in [2.45, 2.75) is 33.6 Å². The Kier molecular flexibility index (Phi) is 5.61. The molecule has 0 bridgehead atoms. The fourth-order valence-electron chi connectivity index (χ4n) is 2.62. The lowest BCUT2D eigenvalue weighted by atomic mass is 10.2. The Morgan fingerprint density at radius 1 is 1.20 bits per heavy atom. The summed E-state index contributed by atoms with van der Waals surface area (Å²) in [5.74, 6) is 2.57. The molecule has 1 fully saturated rings. The van der Waals surface area contributed by atoms with Crippen molar-refractivity contribution >= 4 is 17.4 Å². The Balaban J connectivity index is 1.99. The number of anilines is 1. The zero-order valence-electron chi connectivity index (χ0n) is 12.8. The maximum Gasteiger partial charge on any atom is 0.134 e. The van der Waals surface area contributed by atoms with E-state index < -0.39 is 0 Å². The van der Waals surface area contributed by atoms with E-state index in [9.17, 15) is 0 Å². The van der Waals surface area contributed by atoms with Crippen LogP contribution < -0.4 is 4.90 Å². The first kappa shape index (κ1) is 15.5. The van der Waals surface area contributed by atoms with Gasteiger partial charge in [-0.3, -0.25) is 4.90 Å². The molecule has 0 N–H and O–H groups in total. The standard InChI is InChI=1S/C15H25ClN4/c1-4-5-14-17-13(16)10-15(18-14)20-8-6-19(7-9-20)11-12(2)3/h10,12H,4-9,11H2,1-3H3. The van der Waals surface area contributed by atoms with Gasteiger partial charge in [-0.05, 0) is 12.3 Å². The third-order valence-corrected chi connectivity index (χ3v) is 3.71. The van der Waals surface area contributed by atoms with Gasteiger partial charge in [0.05, 0.1) is 0 Å². The monoisotopic (exact) mass is 296 g/mol. The smallest absolute Gasteiger partial charge is 0.134 e. The zero-order valence-corrected chi connectivity index (χ0v) is 13.5. The predicted molar refractivity (Wildman–Crippen MR) is 84.5 cm³/mol. The molecule has 1 aliphatic heterocycles. The highest BCUT2D eigenvalue weighted by Crippen LogP contribution is 2.18. The number of hydrogen-bond donors (Lipinski definition) is 0. The highest BCUT2D eigenvalue weighted by atomic mass is 35.5. The lowest BCUT2D eigenvalue weighted by Gasteiger charge is -2.36. The minimum Gasteiger partial charge on any atom is -0.354 e. The molecule has 0 unspecified atom stereocenters. The number of piperazine rings is 1. The Labute approximate surface area is 127 Å². The van der Waals surface area contributed by atoms with Gasteiger partial charge in [0, 0.05) is 45.2 Å². The summed E-state index contributed by atoms with van der Waals surface area (Å²) in [5.41, 5.74) is 0. The first-order valence-electron chi connectivity index (χ1n) is 7.59. The van der Waals surface area contributed by atoms with Crippen molar-refractivity contribution in [3.8, 4) is 0 Å². The van der Waals surface area contributed by atoms with Crippen LogP contribution in [0.1, 0.15) is 33.0 Å². The molecular weight excluding hydrogens is 272 g/mol. The molecule has 1 saturated heterocycles. The number of aromatic nitrogens is 2. The second-order valence-corrected chi connectivity index (χ2v) is 6.28. The van der Waals surface area contributed by atoms with Gasteiger partial charge < -0.3 is 4.90 Å². The summed E-state index contributed by atoms with van der Waals surface area (Å²) in [6, 6.07) is 1.89. The maximum absolute atomic E-state index is 6.11. The number of nitrogens with zero attached hydrogens (tertiary/aromatic N) is 4. The van der Waals surface area contributed by atoms with Gasteiger partial charge in [-0.15, -0.1) is 0 Å². The van der Waals surface area contributed by atoms with E-state index in [2.05, 4.69) is 40.5 Å². The van der Waals surface area contributed by atoms with Gasteiger partial charge >= 0.3 is 0 Å². The third-order valence-electron chi connectivity index (χ3n) is 3.52. The Hall–Kier alpha value is -0.870. The highest BCUT2D eigenvalue weighted by Gasteiger charge is 2.19. The van der Waals surface area contributed by atoms with Crippen molar-refractivity contribution in [3.05, 3.63) is 17.0 Å². The van der Waals surface area contributed by atoms with Gasteiger partial charge in [-0.2, -0.15) is 0 Å². The van der Waals surface area contributed by atoms with Crippen molar-refractivity contribution in [1.82, 2.24) is 14.9 Å². The predicted octanol–water partition coefficient (Wildman–Crippen LogP) is 2.86. The van der Waals surface area contributed by atoms with Gasteiger partial charge in [-0.1, -0.05) is 32.4 Å². The minimum absolute atomic E-state index is 0.558. The average molecular weight is 297 g/mol. The van der Waals surface area contributed by atoms with Crippen LogP contribution in [0.5, 0.6) is 0 Å². The van der Waals surface area contributed by atoms with E-state index in [1.54, 1.807) is 0 Å². The zero-order chi connectivity index (χ0) is 14.5. The normalized spacial score (nSPS) is 16.9. The van der Waals surface area contributed by atoms with E-state index in [1.807, 2.05) is 6.07 Å². The van der Waals surface area contributed by atoms with Crippen LogP contribution >= 0.6 is 11.6 Å². The quantitative estimate of drug-likeness (QED) is 0.782. The minimum atomic E-state index is 0.558.